The Labute approximate surface area is 153 Å². The van der Waals surface area contributed by atoms with Gasteiger partial charge in [-0.3, -0.25) is 4.79 Å². The number of piperidine rings is 1. The molecule has 1 saturated heterocycles. The van der Waals surface area contributed by atoms with E-state index in [1.54, 1.807) is 11.3 Å². The van der Waals surface area contributed by atoms with E-state index in [1.165, 1.54) is 24.0 Å². The first-order chi connectivity index (χ1) is 12.2. The van der Waals surface area contributed by atoms with Crippen LogP contribution in [0.3, 0.4) is 0 Å². The maximum absolute atomic E-state index is 12.7. The fraction of sp³-hybridized carbons (Fsp3) is 0.600. The zero-order valence-electron chi connectivity index (χ0n) is 14.9. The first-order valence-electron chi connectivity index (χ1n) is 9.61. The molecular weight excluding hydrogens is 330 g/mol. The van der Waals surface area contributed by atoms with Gasteiger partial charge in [-0.15, -0.1) is 0 Å². The maximum atomic E-state index is 12.7. The Morgan fingerprint density at radius 3 is 2.68 bits per heavy atom. The molecule has 2 fully saturated rings. The molecule has 1 N–H and O–H groups in total. The van der Waals surface area contributed by atoms with Gasteiger partial charge in [-0.1, -0.05) is 43.2 Å². The minimum atomic E-state index is 0.166. The molecule has 4 rings (SSSR count). The Kier molecular flexibility index (Phi) is 4.93. The Morgan fingerprint density at radius 2 is 1.92 bits per heavy atom. The average molecular weight is 358 g/mol. The summed E-state index contributed by atoms with van der Waals surface area (Å²) in [5.41, 5.74) is 1.08. The van der Waals surface area contributed by atoms with Crippen LogP contribution in [0.4, 0.5) is 5.13 Å². The number of anilines is 1. The number of hydrogen-bond donors (Lipinski definition) is 1. The van der Waals surface area contributed by atoms with Crippen LogP contribution < -0.4 is 10.2 Å². The van der Waals surface area contributed by atoms with Gasteiger partial charge in [-0.05, 0) is 43.7 Å². The second-order valence-electron chi connectivity index (χ2n) is 7.60. The van der Waals surface area contributed by atoms with E-state index in [0.717, 1.165) is 43.0 Å². The molecule has 134 valence electrons. The number of benzene rings is 1. The molecule has 0 unspecified atom stereocenters. The van der Waals surface area contributed by atoms with Crippen molar-refractivity contribution >= 4 is 32.6 Å². The molecule has 2 atom stereocenters. The zero-order chi connectivity index (χ0) is 17.2. The SMILES string of the molecule is C[C@@H]1CCCC[C@H]1NC(=O)C1CCN(c2nc3ccccc3s2)CC1. The lowest BCUT2D eigenvalue weighted by Crippen LogP contribution is -2.46. The predicted molar refractivity (Wildman–Crippen MR) is 104 cm³/mol. The Bertz CT molecular complexity index is 702. The van der Waals surface area contributed by atoms with E-state index in [2.05, 4.69) is 35.3 Å². The second kappa shape index (κ2) is 7.32. The molecule has 0 spiro atoms. The first kappa shape index (κ1) is 16.8. The van der Waals surface area contributed by atoms with E-state index in [9.17, 15) is 4.79 Å². The lowest BCUT2D eigenvalue weighted by atomic mass is 9.85. The highest BCUT2D eigenvalue weighted by molar-refractivity contribution is 7.22. The van der Waals surface area contributed by atoms with E-state index < -0.39 is 0 Å². The van der Waals surface area contributed by atoms with Gasteiger partial charge in [0.1, 0.15) is 0 Å². The van der Waals surface area contributed by atoms with Gasteiger partial charge in [0.15, 0.2) is 5.13 Å². The molecular formula is C20H27N3OS. The quantitative estimate of drug-likeness (QED) is 0.895. The van der Waals surface area contributed by atoms with Crippen molar-refractivity contribution in [2.75, 3.05) is 18.0 Å². The normalized spacial score (nSPS) is 25.2. The Morgan fingerprint density at radius 1 is 1.16 bits per heavy atom. The van der Waals surface area contributed by atoms with Crippen LogP contribution in [0.1, 0.15) is 45.4 Å². The summed E-state index contributed by atoms with van der Waals surface area (Å²) in [5, 5.41) is 4.44. The number of fused-ring (bicyclic) bond motifs is 1. The van der Waals surface area contributed by atoms with Gasteiger partial charge in [0.05, 0.1) is 10.2 Å². The molecule has 1 aliphatic carbocycles. The summed E-state index contributed by atoms with van der Waals surface area (Å²) in [6.07, 6.45) is 6.84. The van der Waals surface area contributed by atoms with Crippen molar-refractivity contribution in [2.24, 2.45) is 11.8 Å². The largest absolute Gasteiger partial charge is 0.353 e. The number of thiazole rings is 1. The first-order valence-corrected chi connectivity index (χ1v) is 10.4. The fourth-order valence-electron chi connectivity index (χ4n) is 4.16. The van der Waals surface area contributed by atoms with Crippen LogP contribution in [0.5, 0.6) is 0 Å². The molecule has 0 radical (unpaired) electrons. The number of nitrogens with one attached hydrogen (secondary N) is 1. The van der Waals surface area contributed by atoms with E-state index in [0.29, 0.717) is 12.0 Å². The molecule has 1 amide bonds. The summed E-state index contributed by atoms with van der Waals surface area (Å²) in [5.74, 6) is 1.07. The highest BCUT2D eigenvalue weighted by Gasteiger charge is 2.29. The van der Waals surface area contributed by atoms with Gasteiger partial charge < -0.3 is 10.2 Å². The van der Waals surface area contributed by atoms with Crippen molar-refractivity contribution < 1.29 is 4.79 Å². The number of aromatic nitrogens is 1. The molecule has 0 bridgehead atoms. The Balaban J connectivity index is 1.33. The van der Waals surface area contributed by atoms with Gasteiger partial charge in [0.25, 0.3) is 0 Å². The van der Waals surface area contributed by atoms with E-state index in [-0.39, 0.29) is 11.8 Å². The van der Waals surface area contributed by atoms with E-state index >= 15 is 0 Å². The minimum Gasteiger partial charge on any atom is -0.353 e. The summed E-state index contributed by atoms with van der Waals surface area (Å²) < 4.78 is 1.24. The molecule has 25 heavy (non-hydrogen) atoms. The van der Waals surface area contributed by atoms with Gasteiger partial charge in [0.2, 0.25) is 5.91 Å². The lowest BCUT2D eigenvalue weighted by molar-refractivity contribution is -0.126. The number of carbonyl (C=O) groups excluding carboxylic acids is 1. The van der Waals surface area contributed by atoms with Crippen molar-refractivity contribution in [2.45, 2.75) is 51.5 Å². The van der Waals surface area contributed by atoms with E-state index in [4.69, 9.17) is 4.98 Å². The topological polar surface area (TPSA) is 45.2 Å². The van der Waals surface area contributed by atoms with Gasteiger partial charge in [-0.2, -0.15) is 0 Å². The molecule has 1 aromatic carbocycles. The van der Waals surface area contributed by atoms with Crippen molar-refractivity contribution in [3.05, 3.63) is 24.3 Å². The predicted octanol–water partition coefficient (Wildman–Crippen LogP) is 4.21. The average Bonchev–Trinajstić information content (AvgIpc) is 3.08. The maximum Gasteiger partial charge on any atom is 0.223 e. The van der Waals surface area contributed by atoms with Gasteiger partial charge in [-0.25, -0.2) is 4.98 Å². The number of hydrogen-bond acceptors (Lipinski definition) is 4. The molecule has 2 aliphatic rings. The molecule has 1 aliphatic heterocycles. The number of rotatable bonds is 3. The van der Waals surface area contributed by atoms with E-state index in [1.807, 2.05) is 6.07 Å². The van der Waals surface area contributed by atoms with Crippen LogP contribution in [0, 0.1) is 11.8 Å². The fourth-order valence-corrected chi connectivity index (χ4v) is 5.18. The number of carbonyl (C=O) groups is 1. The van der Waals surface area contributed by atoms with Crippen LogP contribution in [-0.2, 0) is 4.79 Å². The highest BCUT2D eigenvalue weighted by Crippen LogP contribution is 2.31. The molecule has 4 nitrogen and oxygen atoms in total. The smallest absolute Gasteiger partial charge is 0.223 e. The van der Waals surface area contributed by atoms with Gasteiger partial charge in [0, 0.05) is 25.0 Å². The third kappa shape index (κ3) is 3.66. The van der Waals surface area contributed by atoms with Crippen LogP contribution >= 0.6 is 11.3 Å². The van der Waals surface area contributed by atoms with Crippen LogP contribution in [0.2, 0.25) is 0 Å². The summed E-state index contributed by atoms with van der Waals surface area (Å²) >= 11 is 1.76. The van der Waals surface area contributed by atoms with Crippen LogP contribution in [0.25, 0.3) is 10.2 Å². The molecule has 1 saturated carbocycles. The molecule has 2 aromatic rings. The number of amides is 1. The Hall–Kier alpha value is -1.62. The zero-order valence-corrected chi connectivity index (χ0v) is 15.7. The molecule has 2 heterocycles. The highest BCUT2D eigenvalue weighted by atomic mass is 32.1. The number of nitrogens with zero attached hydrogens (tertiary/aromatic N) is 2. The molecule has 5 heteroatoms. The van der Waals surface area contributed by atoms with Crippen molar-refractivity contribution in [1.29, 1.82) is 0 Å². The lowest BCUT2D eigenvalue weighted by Gasteiger charge is -2.34. The monoisotopic (exact) mass is 357 g/mol. The molecule has 1 aromatic heterocycles. The second-order valence-corrected chi connectivity index (χ2v) is 8.61. The van der Waals surface area contributed by atoms with Crippen LogP contribution in [0.15, 0.2) is 24.3 Å². The van der Waals surface area contributed by atoms with Crippen molar-refractivity contribution in [1.82, 2.24) is 10.3 Å². The summed E-state index contributed by atoms with van der Waals surface area (Å²) in [7, 11) is 0. The van der Waals surface area contributed by atoms with Crippen molar-refractivity contribution in [3.63, 3.8) is 0 Å². The van der Waals surface area contributed by atoms with Crippen molar-refractivity contribution in [3.8, 4) is 0 Å². The minimum absolute atomic E-state index is 0.166. The van der Waals surface area contributed by atoms with Crippen LogP contribution in [-0.4, -0.2) is 30.0 Å². The summed E-state index contributed by atoms with van der Waals surface area (Å²) in [6, 6.07) is 8.69. The number of para-hydroxylation sites is 1. The third-order valence-electron chi connectivity index (χ3n) is 5.86. The summed E-state index contributed by atoms with van der Waals surface area (Å²) in [6.45, 7) is 4.14. The third-order valence-corrected chi connectivity index (χ3v) is 6.96. The van der Waals surface area contributed by atoms with Gasteiger partial charge >= 0.3 is 0 Å². The standard InChI is InChI=1S/C20H27N3OS/c1-14-6-2-3-7-16(14)21-19(24)15-10-12-23(13-11-15)20-22-17-8-4-5-9-18(17)25-20/h4-5,8-9,14-16H,2-3,6-7,10-13H2,1H3,(H,21,24)/t14-,16-/m1/s1. The summed E-state index contributed by atoms with van der Waals surface area (Å²) in [4.78, 5) is 19.8.